The SMILES string of the molecule is COc1ccc(NC(=O)/C=C/c2ccc(OC(C)C)c(OC)c2)cc1OC. The Morgan fingerprint density at radius 3 is 2.15 bits per heavy atom. The summed E-state index contributed by atoms with van der Waals surface area (Å²) in [4.78, 5) is 12.2. The Kier molecular flexibility index (Phi) is 7.11. The first-order valence-electron chi connectivity index (χ1n) is 8.52. The van der Waals surface area contributed by atoms with Crippen molar-refractivity contribution in [3.05, 3.63) is 48.0 Å². The van der Waals surface area contributed by atoms with Crippen LogP contribution < -0.4 is 24.3 Å². The van der Waals surface area contributed by atoms with Crippen molar-refractivity contribution in [3.8, 4) is 23.0 Å². The molecule has 0 spiro atoms. The second-order valence-electron chi connectivity index (χ2n) is 5.97. The van der Waals surface area contributed by atoms with E-state index >= 15 is 0 Å². The molecule has 0 unspecified atom stereocenters. The summed E-state index contributed by atoms with van der Waals surface area (Å²) >= 11 is 0. The summed E-state index contributed by atoms with van der Waals surface area (Å²) in [5, 5.41) is 2.79. The molecule has 0 aliphatic rings. The molecule has 2 rings (SSSR count). The summed E-state index contributed by atoms with van der Waals surface area (Å²) in [6.07, 6.45) is 3.21. The molecule has 0 aliphatic carbocycles. The van der Waals surface area contributed by atoms with Crippen LogP contribution in [0.15, 0.2) is 42.5 Å². The molecule has 0 radical (unpaired) electrons. The van der Waals surface area contributed by atoms with Gasteiger partial charge in [-0.2, -0.15) is 0 Å². The summed E-state index contributed by atoms with van der Waals surface area (Å²) in [7, 11) is 4.69. The first-order chi connectivity index (χ1) is 13.0. The van der Waals surface area contributed by atoms with E-state index in [0.717, 1.165) is 5.56 Å². The lowest BCUT2D eigenvalue weighted by Gasteiger charge is -2.13. The number of carbonyl (C=O) groups excluding carboxylic acids is 1. The maximum Gasteiger partial charge on any atom is 0.248 e. The average molecular weight is 371 g/mol. The minimum Gasteiger partial charge on any atom is -0.493 e. The summed E-state index contributed by atoms with van der Waals surface area (Å²) in [6, 6.07) is 10.7. The molecule has 27 heavy (non-hydrogen) atoms. The number of benzene rings is 2. The molecule has 1 amide bonds. The third-order valence-electron chi connectivity index (χ3n) is 3.63. The predicted molar refractivity (Wildman–Crippen MR) is 106 cm³/mol. The van der Waals surface area contributed by atoms with E-state index in [0.29, 0.717) is 28.7 Å². The minimum absolute atomic E-state index is 0.0487. The molecule has 6 heteroatoms. The van der Waals surface area contributed by atoms with Crippen LogP contribution in [0.1, 0.15) is 19.4 Å². The van der Waals surface area contributed by atoms with Gasteiger partial charge in [-0.05, 0) is 49.8 Å². The second kappa shape index (κ2) is 9.52. The maximum atomic E-state index is 12.2. The van der Waals surface area contributed by atoms with Crippen molar-refractivity contribution < 1.29 is 23.7 Å². The van der Waals surface area contributed by atoms with Crippen molar-refractivity contribution in [3.63, 3.8) is 0 Å². The van der Waals surface area contributed by atoms with Crippen molar-refractivity contribution in [2.45, 2.75) is 20.0 Å². The molecule has 0 fully saturated rings. The summed E-state index contributed by atoms with van der Waals surface area (Å²) in [6.45, 7) is 3.90. The van der Waals surface area contributed by atoms with E-state index in [1.54, 1.807) is 45.6 Å². The Morgan fingerprint density at radius 1 is 0.889 bits per heavy atom. The van der Waals surface area contributed by atoms with Gasteiger partial charge < -0.3 is 24.3 Å². The first kappa shape index (κ1) is 20.2. The van der Waals surface area contributed by atoms with Gasteiger partial charge >= 0.3 is 0 Å². The van der Waals surface area contributed by atoms with Gasteiger partial charge in [0.1, 0.15) is 0 Å². The number of amides is 1. The fraction of sp³-hybridized carbons (Fsp3) is 0.286. The third kappa shape index (κ3) is 5.67. The van der Waals surface area contributed by atoms with E-state index < -0.39 is 0 Å². The van der Waals surface area contributed by atoms with Gasteiger partial charge in [-0.25, -0.2) is 0 Å². The fourth-order valence-corrected chi connectivity index (χ4v) is 2.41. The number of methoxy groups -OCH3 is 3. The van der Waals surface area contributed by atoms with Crippen LogP contribution in [0.3, 0.4) is 0 Å². The average Bonchev–Trinajstić information content (AvgIpc) is 2.66. The van der Waals surface area contributed by atoms with Gasteiger partial charge in [-0.3, -0.25) is 4.79 Å². The van der Waals surface area contributed by atoms with Crippen molar-refractivity contribution in [2.75, 3.05) is 26.6 Å². The van der Waals surface area contributed by atoms with Gasteiger partial charge in [0.05, 0.1) is 27.4 Å². The number of ether oxygens (including phenoxy) is 4. The monoisotopic (exact) mass is 371 g/mol. The van der Waals surface area contributed by atoms with E-state index in [2.05, 4.69) is 5.32 Å². The van der Waals surface area contributed by atoms with Crippen LogP contribution in [0.4, 0.5) is 5.69 Å². The quantitative estimate of drug-likeness (QED) is 0.706. The minimum atomic E-state index is -0.260. The van der Waals surface area contributed by atoms with Gasteiger partial charge in [0.15, 0.2) is 23.0 Å². The van der Waals surface area contributed by atoms with Crippen LogP contribution >= 0.6 is 0 Å². The Balaban J connectivity index is 2.08. The highest BCUT2D eigenvalue weighted by Crippen LogP contribution is 2.30. The van der Waals surface area contributed by atoms with E-state index in [1.807, 2.05) is 32.0 Å². The van der Waals surface area contributed by atoms with E-state index in [9.17, 15) is 4.79 Å². The van der Waals surface area contributed by atoms with Gasteiger partial charge in [0, 0.05) is 17.8 Å². The van der Waals surface area contributed by atoms with Crippen LogP contribution in [0.25, 0.3) is 6.08 Å². The number of carbonyl (C=O) groups is 1. The molecule has 6 nitrogen and oxygen atoms in total. The molecule has 2 aromatic rings. The standard InChI is InChI=1S/C21H25NO5/c1-14(2)27-18-9-6-15(12-19(18)25-4)7-11-21(23)22-16-8-10-17(24-3)20(13-16)26-5/h6-14H,1-5H3,(H,22,23)/b11-7+. The molecule has 0 atom stereocenters. The highest BCUT2D eigenvalue weighted by atomic mass is 16.5. The van der Waals surface area contributed by atoms with E-state index in [4.69, 9.17) is 18.9 Å². The van der Waals surface area contributed by atoms with Crippen molar-refractivity contribution in [1.82, 2.24) is 0 Å². The molecule has 2 aromatic carbocycles. The Morgan fingerprint density at radius 2 is 1.52 bits per heavy atom. The maximum absolute atomic E-state index is 12.2. The predicted octanol–water partition coefficient (Wildman–Crippen LogP) is 4.15. The molecule has 0 aromatic heterocycles. The van der Waals surface area contributed by atoms with Crippen LogP contribution in [0.2, 0.25) is 0 Å². The lowest BCUT2D eigenvalue weighted by Crippen LogP contribution is -2.08. The fourth-order valence-electron chi connectivity index (χ4n) is 2.41. The Hall–Kier alpha value is -3.15. The lowest BCUT2D eigenvalue weighted by molar-refractivity contribution is -0.111. The van der Waals surface area contributed by atoms with Crippen molar-refractivity contribution in [2.24, 2.45) is 0 Å². The molecule has 1 N–H and O–H groups in total. The zero-order valence-electron chi connectivity index (χ0n) is 16.2. The van der Waals surface area contributed by atoms with Crippen LogP contribution in [-0.2, 0) is 4.79 Å². The second-order valence-corrected chi connectivity index (χ2v) is 5.97. The van der Waals surface area contributed by atoms with Crippen LogP contribution in [-0.4, -0.2) is 33.3 Å². The normalized spacial score (nSPS) is 10.7. The first-order valence-corrected chi connectivity index (χ1v) is 8.52. The van der Waals surface area contributed by atoms with Gasteiger partial charge in [-0.1, -0.05) is 6.07 Å². The van der Waals surface area contributed by atoms with Gasteiger partial charge in [0.25, 0.3) is 0 Å². The number of anilines is 1. The lowest BCUT2D eigenvalue weighted by atomic mass is 10.2. The largest absolute Gasteiger partial charge is 0.493 e. The summed E-state index contributed by atoms with van der Waals surface area (Å²) < 4.78 is 21.5. The molecule has 0 bridgehead atoms. The van der Waals surface area contributed by atoms with Gasteiger partial charge in [0.2, 0.25) is 5.91 Å². The number of hydrogen-bond acceptors (Lipinski definition) is 5. The highest BCUT2D eigenvalue weighted by Gasteiger charge is 2.08. The summed E-state index contributed by atoms with van der Waals surface area (Å²) in [5.41, 5.74) is 1.44. The van der Waals surface area contributed by atoms with Gasteiger partial charge in [-0.15, -0.1) is 0 Å². The van der Waals surface area contributed by atoms with E-state index in [1.165, 1.54) is 6.08 Å². The molecular formula is C21H25NO5. The molecule has 144 valence electrons. The van der Waals surface area contributed by atoms with Crippen molar-refractivity contribution >= 4 is 17.7 Å². The molecule has 0 saturated heterocycles. The van der Waals surface area contributed by atoms with E-state index in [-0.39, 0.29) is 12.0 Å². The zero-order valence-corrected chi connectivity index (χ0v) is 16.2. The summed E-state index contributed by atoms with van der Waals surface area (Å²) in [5.74, 6) is 2.17. The molecule has 0 heterocycles. The Labute approximate surface area is 159 Å². The van der Waals surface area contributed by atoms with Crippen molar-refractivity contribution in [1.29, 1.82) is 0 Å². The number of rotatable bonds is 8. The van der Waals surface area contributed by atoms with Crippen LogP contribution in [0.5, 0.6) is 23.0 Å². The highest BCUT2D eigenvalue weighted by molar-refractivity contribution is 6.02. The third-order valence-corrected chi connectivity index (χ3v) is 3.63. The number of nitrogens with one attached hydrogen (secondary N) is 1. The zero-order chi connectivity index (χ0) is 19.8. The molecule has 0 saturated carbocycles. The topological polar surface area (TPSA) is 66.0 Å². The molecular weight excluding hydrogens is 346 g/mol. The number of hydrogen-bond donors (Lipinski definition) is 1. The Bertz CT molecular complexity index is 814. The molecule has 0 aliphatic heterocycles. The smallest absolute Gasteiger partial charge is 0.248 e. The van der Waals surface area contributed by atoms with Crippen LogP contribution in [0, 0.1) is 0 Å².